The average molecular weight is 419 g/mol. The first-order valence-electron chi connectivity index (χ1n) is 10.2. The Bertz CT molecular complexity index is 1170. The number of ketones is 1. The van der Waals surface area contributed by atoms with Crippen molar-refractivity contribution < 1.29 is 19.1 Å². The number of rotatable bonds is 6. The smallest absolute Gasteiger partial charge is 0.226 e. The highest BCUT2D eigenvalue weighted by molar-refractivity contribution is 6.09. The minimum atomic E-state index is -0.659. The van der Waals surface area contributed by atoms with Gasteiger partial charge >= 0.3 is 0 Å². The van der Waals surface area contributed by atoms with E-state index >= 15 is 0 Å². The molecule has 3 aromatic rings. The number of carbonyl (C=O) groups excluding carboxylic acids is 2. The molecule has 2 aromatic carbocycles. The molecule has 160 valence electrons. The normalized spacial score (nSPS) is 15.2. The molecule has 1 aliphatic heterocycles. The molecule has 0 unspecified atom stereocenters. The molecule has 0 saturated carbocycles. The number of benzene rings is 2. The van der Waals surface area contributed by atoms with Crippen LogP contribution in [0.5, 0.6) is 11.5 Å². The van der Waals surface area contributed by atoms with Gasteiger partial charge in [-0.1, -0.05) is 19.1 Å². The van der Waals surface area contributed by atoms with Crippen LogP contribution in [0.25, 0.3) is 5.69 Å². The predicted molar refractivity (Wildman–Crippen MR) is 118 cm³/mol. The SMILES string of the molecule is CCc1cccc(-n2nc(C)c3c2NC(=O)C[C@@H]3C(=O)c2cc(OC)ccc2OC)c1. The van der Waals surface area contributed by atoms with Gasteiger partial charge in [-0.2, -0.15) is 5.10 Å². The summed E-state index contributed by atoms with van der Waals surface area (Å²) in [6.07, 6.45) is 0.938. The molecule has 0 aliphatic carbocycles. The van der Waals surface area contributed by atoms with E-state index in [1.165, 1.54) is 7.11 Å². The quantitative estimate of drug-likeness (QED) is 0.609. The molecule has 0 bridgehead atoms. The van der Waals surface area contributed by atoms with Crippen LogP contribution >= 0.6 is 0 Å². The number of nitrogens with one attached hydrogen (secondary N) is 1. The van der Waals surface area contributed by atoms with Gasteiger partial charge in [0, 0.05) is 12.0 Å². The lowest BCUT2D eigenvalue weighted by Crippen LogP contribution is -2.28. The lowest BCUT2D eigenvalue weighted by atomic mass is 9.85. The molecule has 1 N–H and O–H groups in total. The highest BCUT2D eigenvalue weighted by Crippen LogP contribution is 2.40. The number of hydrogen-bond acceptors (Lipinski definition) is 5. The number of amides is 1. The van der Waals surface area contributed by atoms with Gasteiger partial charge in [-0.25, -0.2) is 4.68 Å². The molecule has 1 amide bonds. The van der Waals surface area contributed by atoms with E-state index in [2.05, 4.69) is 17.3 Å². The molecule has 0 saturated heterocycles. The first-order valence-corrected chi connectivity index (χ1v) is 10.2. The van der Waals surface area contributed by atoms with Gasteiger partial charge in [0.2, 0.25) is 5.91 Å². The first-order chi connectivity index (χ1) is 15.0. The van der Waals surface area contributed by atoms with E-state index in [-0.39, 0.29) is 18.1 Å². The summed E-state index contributed by atoms with van der Waals surface area (Å²) in [6.45, 7) is 3.94. The highest BCUT2D eigenvalue weighted by Gasteiger charge is 2.37. The molecule has 2 heterocycles. The van der Waals surface area contributed by atoms with Crippen molar-refractivity contribution in [2.75, 3.05) is 19.5 Å². The van der Waals surface area contributed by atoms with Gasteiger partial charge in [0.15, 0.2) is 5.78 Å². The van der Waals surface area contributed by atoms with E-state index in [4.69, 9.17) is 9.47 Å². The van der Waals surface area contributed by atoms with Crippen LogP contribution in [0.4, 0.5) is 5.82 Å². The maximum absolute atomic E-state index is 13.6. The Morgan fingerprint density at radius 2 is 2.00 bits per heavy atom. The summed E-state index contributed by atoms with van der Waals surface area (Å²) in [7, 11) is 3.06. The molecular formula is C24H25N3O4. The summed E-state index contributed by atoms with van der Waals surface area (Å²) in [5.74, 6) is 0.458. The molecule has 7 heteroatoms. The Morgan fingerprint density at radius 3 is 2.71 bits per heavy atom. The van der Waals surface area contributed by atoms with Crippen LogP contribution in [0.2, 0.25) is 0 Å². The van der Waals surface area contributed by atoms with Crippen molar-refractivity contribution in [2.45, 2.75) is 32.6 Å². The molecule has 1 aliphatic rings. The first kappa shape index (κ1) is 20.7. The summed E-state index contributed by atoms with van der Waals surface area (Å²) in [4.78, 5) is 26.2. The third-order valence-electron chi connectivity index (χ3n) is 5.65. The lowest BCUT2D eigenvalue weighted by molar-refractivity contribution is -0.116. The van der Waals surface area contributed by atoms with Gasteiger partial charge in [0.25, 0.3) is 0 Å². The van der Waals surface area contributed by atoms with E-state index in [1.807, 2.05) is 31.2 Å². The standard InChI is InChI=1S/C24H25N3O4/c1-5-15-7-6-8-16(11-15)27-24-22(14(2)26-27)19(13-21(28)25-24)23(29)18-12-17(30-3)9-10-20(18)31-4/h6-12,19H,5,13H2,1-4H3,(H,25,28)/t19-/m0/s1. The van der Waals surface area contributed by atoms with E-state index < -0.39 is 5.92 Å². The van der Waals surface area contributed by atoms with Crippen LogP contribution in [0.15, 0.2) is 42.5 Å². The van der Waals surface area contributed by atoms with Gasteiger partial charge < -0.3 is 14.8 Å². The Hall–Kier alpha value is -3.61. The minimum absolute atomic E-state index is 0.0493. The average Bonchev–Trinajstić information content (AvgIpc) is 3.13. The molecule has 7 nitrogen and oxygen atoms in total. The monoisotopic (exact) mass is 419 g/mol. The molecule has 0 fully saturated rings. The van der Waals surface area contributed by atoms with Gasteiger partial charge in [-0.05, 0) is 49.2 Å². The maximum atomic E-state index is 13.6. The Labute approximate surface area is 181 Å². The second-order valence-corrected chi connectivity index (χ2v) is 7.52. The Kier molecular flexibility index (Phi) is 5.50. The second kappa shape index (κ2) is 8.26. The number of nitrogens with zero attached hydrogens (tertiary/aromatic N) is 2. The highest BCUT2D eigenvalue weighted by atomic mass is 16.5. The zero-order valence-corrected chi connectivity index (χ0v) is 18.1. The predicted octanol–water partition coefficient (Wildman–Crippen LogP) is 4.07. The summed E-state index contributed by atoms with van der Waals surface area (Å²) in [5.41, 5.74) is 3.83. The van der Waals surface area contributed by atoms with Gasteiger partial charge in [-0.3, -0.25) is 9.59 Å². The fourth-order valence-corrected chi connectivity index (χ4v) is 4.06. The van der Waals surface area contributed by atoms with Crippen molar-refractivity contribution in [3.8, 4) is 17.2 Å². The van der Waals surface area contributed by atoms with Crippen LogP contribution in [0, 0.1) is 6.92 Å². The van der Waals surface area contributed by atoms with Crippen LogP contribution in [-0.4, -0.2) is 35.7 Å². The van der Waals surface area contributed by atoms with Gasteiger partial charge in [0.1, 0.15) is 17.3 Å². The number of ether oxygens (including phenoxy) is 2. The molecular weight excluding hydrogens is 394 g/mol. The fraction of sp³-hybridized carbons (Fsp3) is 0.292. The van der Waals surface area contributed by atoms with Crippen molar-refractivity contribution in [1.82, 2.24) is 9.78 Å². The number of aryl methyl sites for hydroxylation is 2. The summed E-state index contributed by atoms with van der Waals surface area (Å²) >= 11 is 0. The topological polar surface area (TPSA) is 82.5 Å². The molecule has 1 aromatic heterocycles. The van der Waals surface area contributed by atoms with E-state index in [1.54, 1.807) is 30.0 Å². The third-order valence-corrected chi connectivity index (χ3v) is 5.65. The van der Waals surface area contributed by atoms with Crippen LogP contribution in [0.1, 0.15) is 46.4 Å². The Morgan fingerprint density at radius 1 is 1.19 bits per heavy atom. The van der Waals surface area contributed by atoms with Crippen molar-refractivity contribution >= 4 is 17.5 Å². The second-order valence-electron chi connectivity index (χ2n) is 7.52. The number of hydrogen-bond donors (Lipinski definition) is 1. The summed E-state index contributed by atoms with van der Waals surface area (Å²) in [5, 5.41) is 7.59. The van der Waals surface area contributed by atoms with Crippen LogP contribution in [-0.2, 0) is 11.2 Å². The zero-order valence-electron chi connectivity index (χ0n) is 18.1. The number of methoxy groups -OCH3 is 2. The molecule has 1 atom stereocenters. The molecule has 31 heavy (non-hydrogen) atoms. The molecule has 0 spiro atoms. The van der Waals surface area contributed by atoms with E-state index in [9.17, 15) is 9.59 Å². The van der Waals surface area contributed by atoms with Crippen LogP contribution < -0.4 is 14.8 Å². The zero-order chi connectivity index (χ0) is 22.1. The van der Waals surface area contributed by atoms with Crippen molar-refractivity contribution in [3.05, 3.63) is 64.8 Å². The number of anilines is 1. The largest absolute Gasteiger partial charge is 0.497 e. The van der Waals surface area contributed by atoms with Crippen LogP contribution in [0.3, 0.4) is 0 Å². The van der Waals surface area contributed by atoms with Crippen molar-refractivity contribution in [1.29, 1.82) is 0 Å². The summed E-state index contributed by atoms with van der Waals surface area (Å²) in [6, 6.07) is 13.1. The van der Waals surface area contributed by atoms with E-state index in [0.717, 1.165) is 23.2 Å². The van der Waals surface area contributed by atoms with Gasteiger partial charge in [0.05, 0.1) is 37.1 Å². The minimum Gasteiger partial charge on any atom is -0.497 e. The van der Waals surface area contributed by atoms with E-state index in [0.29, 0.717) is 28.6 Å². The van der Waals surface area contributed by atoms with Gasteiger partial charge in [-0.15, -0.1) is 0 Å². The molecule has 4 rings (SSSR count). The number of fused-ring (bicyclic) bond motifs is 1. The van der Waals surface area contributed by atoms with Crippen molar-refractivity contribution in [2.24, 2.45) is 0 Å². The lowest BCUT2D eigenvalue weighted by Gasteiger charge is -2.24. The molecule has 0 radical (unpaired) electrons. The maximum Gasteiger partial charge on any atom is 0.226 e. The fourth-order valence-electron chi connectivity index (χ4n) is 4.06. The number of aromatic nitrogens is 2. The van der Waals surface area contributed by atoms with Crippen molar-refractivity contribution in [3.63, 3.8) is 0 Å². The number of carbonyl (C=O) groups is 2. The Balaban J connectivity index is 1.83. The third kappa shape index (κ3) is 3.67. The summed E-state index contributed by atoms with van der Waals surface area (Å²) < 4.78 is 12.4. The number of Topliss-reactive ketones (excluding diaryl/α,β-unsaturated/α-hetero) is 1.